The van der Waals surface area contributed by atoms with Crippen LogP contribution < -0.4 is 4.74 Å². The summed E-state index contributed by atoms with van der Waals surface area (Å²) < 4.78 is 4.98. The third kappa shape index (κ3) is 1.61. The molecule has 3 nitrogen and oxygen atoms in total. The predicted octanol–water partition coefficient (Wildman–Crippen LogP) is 1.68. The molecule has 12 heavy (non-hydrogen) atoms. The summed E-state index contributed by atoms with van der Waals surface area (Å²) in [4.78, 5) is 15.1. The highest BCUT2D eigenvalue weighted by molar-refractivity contribution is 5.98. The average molecular weight is 165 g/mol. The summed E-state index contributed by atoms with van der Waals surface area (Å²) in [7, 11) is 1.53. The van der Waals surface area contributed by atoms with Gasteiger partial charge in [-0.3, -0.25) is 9.78 Å². The Morgan fingerprint density at radius 3 is 3.00 bits per heavy atom. The molecule has 0 spiro atoms. The Bertz CT molecular complexity index is 284. The summed E-state index contributed by atoms with van der Waals surface area (Å²) in [5.74, 6) is 0.624. The number of aromatic nitrogens is 1. The molecule has 0 N–H and O–H groups in total. The van der Waals surface area contributed by atoms with Gasteiger partial charge in [0.25, 0.3) is 0 Å². The minimum Gasteiger partial charge on any atom is -0.494 e. The number of ketones is 1. The highest BCUT2D eigenvalue weighted by Crippen LogP contribution is 2.16. The molecule has 0 aromatic carbocycles. The van der Waals surface area contributed by atoms with Crippen LogP contribution in [0.1, 0.15) is 23.7 Å². The summed E-state index contributed by atoms with van der Waals surface area (Å²) in [6.07, 6.45) is 3.62. The van der Waals surface area contributed by atoms with Crippen LogP contribution in [0.15, 0.2) is 18.5 Å². The largest absolute Gasteiger partial charge is 0.494 e. The molecular weight excluding hydrogens is 154 g/mol. The van der Waals surface area contributed by atoms with Crippen molar-refractivity contribution in [3.8, 4) is 5.75 Å². The van der Waals surface area contributed by atoms with Gasteiger partial charge < -0.3 is 4.74 Å². The number of carbonyl (C=O) groups excluding carboxylic acids is 1. The fourth-order valence-electron chi connectivity index (χ4n) is 0.963. The Kier molecular flexibility index (Phi) is 2.80. The predicted molar refractivity (Wildman–Crippen MR) is 45.4 cm³/mol. The second-order valence-electron chi connectivity index (χ2n) is 2.35. The fraction of sp³-hybridized carbons (Fsp3) is 0.333. The van der Waals surface area contributed by atoms with E-state index >= 15 is 0 Å². The molecule has 1 aromatic rings. The zero-order valence-electron chi connectivity index (χ0n) is 7.20. The van der Waals surface area contributed by atoms with Gasteiger partial charge in [0, 0.05) is 12.6 Å². The molecule has 1 rings (SSSR count). The maximum atomic E-state index is 11.3. The number of rotatable bonds is 3. The quantitative estimate of drug-likeness (QED) is 0.640. The van der Waals surface area contributed by atoms with Crippen LogP contribution in [-0.4, -0.2) is 17.9 Å². The Morgan fingerprint density at radius 1 is 1.67 bits per heavy atom. The highest BCUT2D eigenvalue weighted by atomic mass is 16.5. The van der Waals surface area contributed by atoms with Crippen molar-refractivity contribution in [1.29, 1.82) is 0 Å². The molecular formula is C9H11NO2. The maximum Gasteiger partial charge on any atom is 0.166 e. The lowest BCUT2D eigenvalue weighted by atomic mass is 10.1. The number of hydrogen-bond acceptors (Lipinski definition) is 3. The molecule has 0 unspecified atom stereocenters. The topological polar surface area (TPSA) is 39.2 Å². The monoisotopic (exact) mass is 165 g/mol. The van der Waals surface area contributed by atoms with E-state index < -0.39 is 0 Å². The van der Waals surface area contributed by atoms with Gasteiger partial charge in [0.1, 0.15) is 5.75 Å². The molecule has 64 valence electrons. The standard InChI is InChI=1S/C9H11NO2/c1-3-8(11)7-4-5-10-6-9(7)12-2/h4-6H,3H2,1-2H3. The summed E-state index contributed by atoms with van der Waals surface area (Å²) in [5.41, 5.74) is 0.606. The summed E-state index contributed by atoms with van der Waals surface area (Å²) in [5, 5.41) is 0. The molecule has 3 heteroatoms. The van der Waals surface area contributed by atoms with E-state index in [2.05, 4.69) is 4.98 Å². The van der Waals surface area contributed by atoms with Crippen LogP contribution in [0.3, 0.4) is 0 Å². The van der Waals surface area contributed by atoms with Gasteiger partial charge in [-0.05, 0) is 6.07 Å². The molecule has 1 aromatic heterocycles. The van der Waals surface area contributed by atoms with E-state index in [1.165, 1.54) is 7.11 Å². The molecule has 0 aliphatic rings. The molecule has 0 atom stereocenters. The molecule has 1 heterocycles. The number of ether oxygens (including phenoxy) is 1. The Labute approximate surface area is 71.4 Å². The number of Topliss-reactive ketones (excluding diaryl/α,β-unsaturated/α-hetero) is 1. The van der Waals surface area contributed by atoms with Gasteiger partial charge >= 0.3 is 0 Å². The molecule has 0 saturated heterocycles. The third-order valence-corrected chi connectivity index (χ3v) is 1.63. The second kappa shape index (κ2) is 3.85. The first-order chi connectivity index (χ1) is 5.79. The molecule has 0 aliphatic carbocycles. The van der Waals surface area contributed by atoms with Gasteiger partial charge in [-0.15, -0.1) is 0 Å². The maximum absolute atomic E-state index is 11.3. The number of pyridine rings is 1. The van der Waals surface area contributed by atoms with Crippen LogP contribution in [0, 0.1) is 0 Å². The third-order valence-electron chi connectivity index (χ3n) is 1.63. The van der Waals surface area contributed by atoms with Crippen LogP contribution in [0.2, 0.25) is 0 Å². The molecule has 0 fully saturated rings. The number of nitrogens with zero attached hydrogens (tertiary/aromatic N) is 1. The van der Waals surface area contributed by atoms with Crippen LogP contribution in [-0.2, 0) is 0 Å². The van der Waals surface area contributed by atoms with Crippen LogP contribution in [0.5, 0.6) is 5.75 Å². The fourth-order valence-corrected chi connectivity index (χ4v) is 0.963. The van der Waals surface area contributed by atoms with Crippen molar-refractivity contribution in [2.24, 2.45) is 0 Å². The highest BCUT2D eigenvalue weighted by Gasteiger charge is 2.08. The van der Waals surface area contributed by atoms with Crippen molar-refractivity contribution in [3.05, 3.63) is 24.0 Å². The van der Waals surface area contributed by atoms with E-state index in [0.717, 1.165) is 0 Å². The first-order valence-electron chi connectivity index (χ1n) is 3.80. The van der Waals surface area contributed by atoms with Gasteiger partial charge in [-0.25, -0.2) is 0 Å². The molecule has 0 bridgehead atoms. The van der Waals surface area contributed by atoms with E-state index in [1.807, 2.05) is 6.92 Å². The first-order valence-corrected chi connectivity index (χ1v) is 3.80. The first kappa shape index (κ1) is 8.71. The minimum absolute atomic E-state index is 0.0780. The van der Waals surface area contributed by atoms with Crippen molar-refractivity contribution < 1.29 is 9.53 Å². The van der Waals surface area contributed by atoms with Gasteiger partial charge in [0.05, 0.1) is 18.9 Å². The lowest BCUT2D eigenvalue weighted by molar-refractivity contribution is 0.0985. The Morgan fingerprint density at radius 2 is 2.42 bits per heavy atom. The van der Waals surface area contributed by atoms with Crippen LogP contribution in [0.4, 0.5) is 0 Å². The van der Waals surface area contributed by atoms with Crippen LogP contribution in [0.25, 0.3) is 0 Å². The Balaban J connectivity index is 3.04. The van der Waals surface area contributed by atoms with Crippen LogP contribution >= 0.6 is 0 Å². The van der Waals surface area contributed by atoms with Crippen molar-refractivity contribution in [2.45, 2.75) is 13.3 Å². The van der Waals surface area contributed by atoms with Gasteiger partial charge in [-0.1, -0.05) is 6.92 Å². The summed E-state index contributed by atoms with van der Waals surface area (Å²) in [6, 6.07) is 1.67. The molecule has 0 radical (unpaired) electrons. The van der Waals surface area contributed by atoms with Crippen molar-refractivity contribution in [1.82, 2.24) is 4.98 Å². The van der Waals surface area contributed by atoms with Gasteiger partial charge in [-0.2, -0.15) is 0 Å². The Hall–Kier alpha value is -1.38. The van der Waals surface area contributed by atoms with E-state index in [-0.39, 0.29) is 5.78 Å². The number of methoxy groups -OCH3 is 1. The van der Waals surface area contributed by atoms with Crippen molar-refractivity contribution >= 4 is 5.78 Å². The van der Waals surface area contributed by atoms with Gasteiger partial charge in [0.15, 0.2) is 5.78 Å². The summed E-state index contributed by atoms with van der Waals surface area (Å²) in [6.45, 7) is 1.82. The van der Waals surface area contributed by atoms with Crippen molar-refractivity contribution in [3.63, 3.8) is 0 Å². The van der Waals surface area contributed by atoms with E-state index in [1.54, 1.807) is 18.5 Å². The normalized spacial score (nSPS) is 9.50. The minimum atomic E-state index is 0.0780. The number of hydrogen-bond donors (Lipinski definition) is 0. The lowest BCUT2D eigenvalue weighted by Gasteiger charge is -2.03. The average Bonchev–Trinajstić information content (AvgIpc) is 2.16. The van der Waals surface area contributed by atoms with E-state index in [4.69, 9.17) is 4.74 Å². The number of carbonyl (C=O) groups is 1. The van der Waals surface area contributed by atoms with E-state index in [9.17, 15) is 4.79 Å². The van der Waals surface area contributed by atoms with E-state index in [0.29, 0.717) is 17.7 Å². The zero-order chi connectivity index (χ0) is 8.97. The SMILES string of the molecule is CCC(=O)c1ccncc1OC. The van der Waals surface area contributed by atoms with Gasteiger partial charge in [0.2, 0.25) is 0 Å². The lowest BCUT2D eigenvalue weighted by Crippen LogP contribution is -2.00. The summed E-state index contributed by atoms with van der Waals surface area (Å²) >= 11 is 0. The molecule has 0 amide bonds. The second-order valence-corrected chi connectivity index (χ2v) is 2.35. The zero-order valence-corrected chi connectivity index (χ0v) is 7.20. The van der Waals surface area contributed by atoms with Crippen molar-refractivity contribution in [2.75, 3.05) is 7.11 Å². The molecule has 0 saturated carbocycles. The smallest absolute Gasteiger partial charge is 0.166 e. The molecule has 0 aliphatic heterocycles.